The predicted octanol–water partition coefficient (Wildman–Crippen LogP) is 3.04. The van der Waals surface area contributed by atoms with Crippen LogP contribution in [0.2, 0.25) is 0 Å². The Balaban J connectivity index is 2.51. The summed E-state index contributed by atoms with van der Waals surface area (Å²) in [7, 11) is 0. The van der Waals surface area contributed by atoms with Crippen LogP contribution in [0.5, 0.6) is 0 Å². The van der Waals surface area contributed by atoms with Gasteiger partial charge < -0.3 is 5.73 Å². The molecule has 0 radical (unpaired) electrons. The van der Waals surface area contributed by atoms with Crippen molar-refractivity contribution in [2.75, 3.05) is 5.73 Å². The molecule has 0 bridgehead atoms. The van der Waals surface area contributed by atoms with Gasteiger partial charge in [0.15, 0.2) is 0 Å². The van der Waals surface area contributed by atoms with E-state index in [2.05, 4.69) is 11.6 Å². The van der Waals surface area contributed by atoms with Crippen molar-refractivity contribution in [2.45, 2.75) is 0 Å². The first-order valence-corrected chi connectivity index (χ1v) is 5.07. The summed E-state index contributed by atoms with van der Waals surface area (Å²) < 4.78 is 0. The highest BCUT2D eigenvalue weighted by atomic mass is 32.1. The molecule has 14 heavy (non-hydrogen) atoms. The average molecular weight is 202 g/mol. The van der Waals surface area contributed by atoms with Crippen molar-refractivity contribution in [3.05, 3.63) is 41.9 Å². The van der Waals surface area contributed by atoms with E-state index in [0.717, 1.165) is 21.3 Å². The van der Waals surface area contributed by atoms with E-state index in [-0.39, 0.29) is 0 Å². The van der Waals surface area contributed by atoms with Crippen LogP contribution in [0.25, 0.3) is 17.3 Å². The van der Waals surface area contributed by atoms with Crippen LogP contribution >= 0.6 is 11.3 Å². The SMILES string of the molecule is C=Cc1nc(-c2ccccc2)c(N)s1. The molecule has 1 aromatic carbocycles. The molecule has 0 saturated heterocycles. The topological polar surface area (TPSA) is 38.9 Å². The summed E-state index contributed by atoms with van der Waals surface area (Å²) in [5, 5.41) is 1.60. The minimum atomic E-state index is 0.742. The van der Waals surface area contributed by atoms with Gasteiger partial charge in [-0.1, -0.05) is 48.2 Å². The number of rotatable bonds is 2. The Morgan fingerprint density at radius 2 is 2.00 bits per heavy atom. The number of hydrogen-bond acceptors (Lipinski definition) is 3. The Bertz CT molecular complexity index is 446. The summed E-state index contributed by atoms with van der Waals surface area (Å²) in [6.07, 6.45) is 1.72. The third kappa shape index (κ3) is 1.54. The molecule has 0 saturated carbocycles. The molecule has 0 atom stereocenters. The van der Waals surface area contributed by atoms with Gasteiger partial charge in [0.25, 0.3) is 0 Å². The third-order valence-corrected chi connectivity index (χ3v) is 2.77. The average Bonchev–Trinajstić information content (AvgIpc) is 2.61. The van der Waals surface area contributed by atoms with E-state index < -0.39 is 0 Å². The molecule has 1 heterocycles. The molecule has 0 aliphatic heterocycles. The zero-order valence-electron chi connectivity index (χ0n) is 7.60. The molecule has 0 unspecified atom stereocenters. The minimum Gasteiger partial charge on any atom is -0.389 e. The lowest BCUT2D eigenvalue weighted by atomic mass is 10.2. The predicted molar refractivity (Wildman–Crippen MR) is 62.1 cm³/mol. The number of nitrogen functional groups attached to an aromatic ring is 1. The zero-order valence-corrected chi connectivity index (χ0v) is 8.42. The molecular weight excluding hydrogens is 192 g/mol. The quantitative estimate of drug-likeness (QED) is 0.813. The van der Waals surface area contributed by atoms with Gasteiger partial charge in [-0.05, 0) is 6.08 Å². The summed E-state index contributed by atoms with van der Waals surface area (Å²) in [6, 6.07) is 9.92. The molecule has 2 aromatic rings. The monoisotopic (exact) mass is 202 g/mol. The van der Waals surface area contributed by atoms with Crippen molar-refractivity contribution in [3.8, 4) is 11.3 Å². The van der Waals surface area contributed by atoms with Gasteiger partial charge in [0.05, 0.1) is 0 Å². The van der Waals surface area contributed by atoms with Gasteiger partial charge in [0.2, 0.25) is 0 Å². The highest BCUT2D eigenvalue weighted by Gasteiger charge is 2.07. The summed E-state index contributed by atoms with van der Waals surface area (Å²) in [5.74, 6) is 0. The number of thiazole rings is 1. The Labute approximate surface area is 86.7 Å². The van der Waals surface area contributed by atoms with E-state index in [1.807, 2.05) is 30.3 Å². The van der Waals surface area contributed by atoms with Crippen LogP contribution in [0, 0.1) is 0 Å². The van der Waals surface area contributed by atoms with Gasteiger partial charge >= 0.3 is 0 Å². The molecule has 0 fully saturated rings. The van der Waals surface area contributed by atoms with Crippen LogP contribution in [-0.2, 0) is 0 Å². The van der Waals surface area contributed by atoms with Crippen molar-refractivity contribution in [1.29, 1.82) is 0 Å². The number of nitrogens with two attached hydrogens (primary N) is 1. The van der Waals surface area contributed by atoms with Gasteiger partial charge in [-0.15, -0.1) is 0 Å². The van der Waals surface area contributed by atoms with Crippen molar-refractivity contribution in [2.24, 2.45) is 0 Å². The maximum Gasteiger partial charge on any atom is 0.118 e. The number of hydrogen-bond donors (Lipinski definition) is 1. The second kappa shape index (κ2) is 3.64. The van der Waals surface area contributed by atoms with Gasteiger partial charge in [-0.2, -0.15) is 0 Å². The zero-order chi connectivity index (χ0) is 9.97. The van der Waals surface area contributed by atoms with Gasteiger partial charge in [0.1, 0.15) is 15.7 Å². The second-order valence-electron chi connectivity index (χ2n) is 2.84. The number of benzene rings is 1. The lowest BCUT2D eigenvalue weighted by molar-refractivity contribution is 1.39. The first-order valence-electron chi connectivity index (χ1n) is 4.25. The standard InChI is InChI=1S/C11H10N2S/c1-2-9-13-10(11(12)14-9)8-6-4-3-5-7-8/h2-7H,1,12H2. The molecule has 2 rings (SSSR count). The molecular formula is C11H10N2S. The van der Waals surface area contributed by atoms with Crippen LogP contribution in [-0.4, -0.2) is 4.98 Å². The molecule has 2 N–H and O–H groups in total. The number of aromatic nitrogens is 1. The van der Waals surface area contributed by atoms with E-state index in [1.165, 1.54) is 11.3 Å². The summed E-state index contributed by atoms with van der Waals surface area (Å²) >= 11 is 1.46. The van der Waals surface area contributed by atoms with Crippen molar-refractivity contribution < 1.29 is 0 Å². The molecule has 1 aromatic heterocycles. The Hall–Kier alpha value is -1.61. The van der Waals surface area contributed by atoms with Gasteiger partial charge in [0, 0.05) is 5.56 Å². The van der Waals surface area contributed by atoms with Crippen molar-refractivity contribution in [1.82, 2.24) is 4.98 Å². The highest BCUT2D eigenvalue weighted by Crippen LogP contribution is 2.30. The fourth-order valence-corrected chi connectivity index (χ4v) is 1.94. The fraction of sp³-hybridized carbons (Fsp3) is 0. The van der Waals surface area contributed by atoms with E-state index in [4.69, 9.17) is 5.73 Å². The fourth-order valence-electron chi connectivity index (χ4n) is 1.24. The lowest BCUT2D eigenvalue weighted by Crippen LogP contribution is -1.84. The largest absolute Gasteiger partial charge is 0.389 e. The summed E-state index contributed by atoms with van der Waals surface area (Å²) in [6.45, 7) is 3.67. The Kier molecular flexibility index (Phi) is 2.33. The van der Waals surface area contributed by atoms with Crippen LogP contribution in [0.1, 0.15) is 5.01 Å². The van der Waals surface area contributed by atoms with E-state index in [0.29, 0.717) is 0 Å². The maximum atomic E-state index is 5.86. The Morgan fingerprint density at radius 1 is 1.29 bits per heavy atom. The molecule has 2 nitrogen and oxygen atoms in total. The lowest BCUT2D eigenvalue weighted by Gasteiger charge is -1.96. The molecule has 3 heteroatoms. The summed E-state index contributed by atoms with van der Waals surface area (Å²) in [4.78, 5) is 4.37. The van der Waals surface area contributed by atoms with Crippen molar-refractivity contribution >= 4 is 22.4 Å². The van der Waals surface area contributed by atoms with Crippen molar-refractivity contribution in [3.63, 3.8) is 0 Å². The van der Waals surface area contributed by atoms with Crippen LogP contribution < -0.4 is 5.73 Å². The third-order valence-electron chi connectivity index (χ3n) is 1.89. The van der Waals surface area contributed by atoms with Gasteiger partial charge in [-0.3, -0.25) is 0 Å². The van der Waals surface area contributed by atoms with E-state index in [9.17, 15) is 0 Å². The number of nitrogens with zero attached hydrogens (tertiary/aromatic N) is 1. The highest BCUT2D eigenvalue weighted by molar-refractivity contribution is 7.16. The molecule has 0 amide bonds. The second-order valence-corrected chi connectivity index (χ2v) is 3.90. The minimum absolute atomic E-state index is 0.742. The van der Waals surface area contributed by atoms with Crippen LogP contribution in [0.3, 0.4) is 0 Å². The first kappa shape index (κ1) is 8.97. The van der Waals surface area contributed by atoms with E-state index in [1.54, 1.807) is 6.08 Å². The molecule has 0 spiro atoms. The normalized spacial score (nSPS) is 10.0. The molecule has 70 valence electrons. The maximum absolute atomic E-state index is 5.86. The van der Waals surface area contributed by atoms with Gasteiger partial charge in [-0.25, -0.2) is 4.98 Å². The molecule has 0 aliphatic carbocycles. The van der Waals surface area contributed by atoms with E-state index >= 15 is 0 Å². The number of anilines is 1. The van der Waals surface area contributed by atoms with Crippen LogP contribution in [0.4, 0.5) is 5.00 Å². The summed E-state index contributed by atoms with van der Waals surface area (Å²) in [5.41, 5.74) is 7.76. The molecule has 0 aliphatic rings. The Morgan fingerprint density at radius 3 is 2.57 bits per heavy atom. The smallest absolute Gasteiger partial charge is 0.118 e. The first-order chi connectivity index (χ1) is 6.81. The van der Waals surface area contributed by atoms with Crippen LogP contribution in [0.15, 0.2) is 36.9 Å².